The van der Waals surface area contributed by atoms with E-state index in [4.69, 9.17) is 9.47 Å². The van der Waals surface area contributed by atoms with Crippen LogP contribution in [0.1, 0.15) is 35.8 Å². The summed E-state index contributed by atoms with van der Waals surface area (Å²) in [6.07, 6.45) is 0.411. The molecule has 0 N–H and O–H groups in total. The minimum absolute atomic E-state index is 0.167. The van der Waals surface area contributed by atoms with Crippen LogP contribution >= 0.6 is 0 Å². The summed E-state index contributed by atoms with van der Waals surface area (Å²) in [5.41, 5.74) is 2.00. The number of esters is 2. The van der Waals surface area contributed by atoms with E-state index in [1.165, 1.54) is 14.2 Å². The largest absolute Gasteiger partial charge is 0.469 e. The van der Waals surface area contributed by atoms with E-state index in [2.05, 4.69) is 0 Å². The molecular formula is C20H22O4. The Labute approximate surface area is 142 Å². The molecule has 0 saturated heterocycles. The van der Waals surface area contributed by atoms with E-state index in [1.54, 1.807) is 0 Å². The third-order valence-corrected chi connectivity index (χ3v) is 4.17. The van der Waals surface area contributed by atoms with Crippen molar-refractivity contribution in [2.75, 3.05) is 14.2 Å². The van der Waals surface area contributed by atoms with Gasteiger partial charge in [-0.2, -0.15) is 0 Å². The Morgan fingerprint density at radius 1 is 0.708 bits per heavy atom. The van der Waals surface area contributed by atoms with Gasteiger partial charge in [-0.1, -0.05) is 60.7 Å². The van der Waals surface area contributed by atoms with Crippen LogP contribution in [0.4, 0.5) is 0 Å². The molecule has 2 rings (SSSR count). The van der Waals surface area contributed by atoms with Crippen LogP contribution < -0.4 is 0 Å². The average Bonchev–Trinajstić information content (AvgIpc) is 2.65. The molecule has 0 unspecified atom stereocenters. The Morgan fingerprint density at radius 2 is 1.04 bits per heavy atom. The first-order valence-electron chi connectivity index (χ1n) is 7.89. The fourth-order valence-corrected chi connectivity index (χ4v) is 2.91. The van der Waals surface area contributed by atoms with Crippen LogP contribution in [0.15, 0.2) is 60.7 Å². The maximum atomic E-state index is 11.9. The zero-order valence-corrected chi connectivity index (χ0v) is 14.0. The third-order valence-electron chi connectivity index (χ3n) is 4.17. The van der Waals surface area contributed by atoms with Gasteiger partial charge in [-0.05, 0) is 11.1 Å². The molecule has 4 heteroatoms. The lowest BCUT2D eigenvalue weighted by Crippen LogP contribution is -2.20. The minimum Gasteiger partial charge on any atom is -0.469 e. The second-order valence-corrected chi connectivity index (χ2v) is 5.59. The van der Waals surface area contributed by atoms with E-state index in [9.17, 15) is 9.59 Å². The second kappa shape index (κ2) is 8.87. The molecule has 0 aliphatic carbocycles. The first-order chi connectivity index (χ1) is 11.7. The lowest BCUT2D eigenvalue weighted by atomic mass is 9.77. The molecule has 0 fully saturated rings. The Morgan fingerprint density at radius 3 is 1.33 bits per heavy atom. The standard InChI is InChI=1S/C20H22O4/c1-23-19(21)13-17(15-9-5-3-6-10-15)18(14-20(22)24-2)16-11-7-4-8-12-16/h3-12,17-18H,13-14H2,1-2H3/t17-,18+. The minimum atomic E-state index is -0.297. The molecule has 2 aromatic rings. The molecule has 0 saturated carbocycles. The smallest absolute Gasteiger partial charge is 0.306 e. The van der Waals surface area contributed by atoms with E-state index in [0.29, 0.717) is 0 Å². The van der Waals surface area contributed by atoms with Gasteiger partial charge < -0.3 is 9.47 Å². The van der Waals surface area contributed by atoms with E-state index in [1.807, 2.05) is 60.7 Å². The number of methoxy groups -OCH3 is 2. The molecule has 126 valence electrons. The number of ether oxygens (including phenoxy) is 2. The van der Waals surface area contributed by atoms with Crippen LogP contribution in [0.3, 0.4) is 0 Å². The lowest BCUT2D eigenvalue weighted by Gasteiger charge is -2.26. The maximum Gasteiger partial charge on any atom is 0.306 e. The van der Waals surface area contributed by atoms with Crippen molar-refractivity contribution in [1.82, 2.24) is 0 Å². The average molecular weight is 326 g/mol. The molecule has 0 spiro atoms. The topological polar surface area (TPSA) is 52.6 Å². The zero-order chi connectivity index (χ0) is 17.4. The number of hydrogen-bond donors (Lipinski definition) is 0. The molecule has 24 heavy (non-hydrogen) atoms. The van der Waals surface area contributed by atoms with Gasteiger partial charge in [-0.3, -0.25) is 9.59 Å². The van der Waals surface area contributed by atoms with Crippen LogP contribution in [-0.2, 0) is 19.1 Å². The molecule has 0 radical (unpaired) electrons. The number of benzene rings is 2. The fraction of sp³-hybridized carbons (Fsp3) is 0.300. The normalized spacial score (nSPS) is 12.9. The highest BCUT2D eigenvalue weighted by Crippen LogP contribution is 2.38. The first kappa shape index (κ1) is 17.7. The Bertz CT molecular complexity index is 592. The number of hydrogen-bond acceptors (Lipinski definition) is 4. The quantitative estimate of drug-likeness (QED) is 0.728. The van der Waals surface area contributed by atoms with Crippen molar-refractivity contribution in [3.05, 3.63) is 71.8 Å². The molecule has 0 bridgehead atoms. The predicted octanol–water partition coefficient (Wildman–Crippen LogP) is 3.68. The number of carbonyl (C=O) groups is 2. The predicted molar refractivity (Wildman–Crippen MR) is 91.6 cm³/mol. The van der Waals surface area contributed by atoms with E-state index in [-0.39, 0.29) is 36.6 Å². The molecule has 0 heterocycles. The van der Waals surface area contributed by atoms with Crippen molar-refractivity contribution in [2.24, 2.45) is 0 Å². The van der Waals surface area contributed by atoms with E-state index in [0.717, 1.165) is 11.1 Å². The summed E-state index contributed by atoms with van der Waals surface area (Å²) < 4.78 is 9.73. The van der Waals surface area contributed by atoms with Gasteiger partial charge in [0.05, 0.1) is 27.1 Å². The van der Waals surface area contributed by atoms with Crippen molar-refractivity contribution in [1.29, 1.82) is 0 Å². The Balaban J connectivity index is 2.42. The van der Waals surface area contributed by atoms with Gasteiger partial charge in [-0.15, -0.1) is 0 Å². The highest BCUT2D eigenvalue weighted by molar-refractivity contribution is 5.73. The number of rotatable bonds is 7. The Kier molecular flexibility index (Phi) is 6.55. The molecule has 0 aliphatic rings. The van der Waals surface area contributed by atoms with Gasteiger partial charge in [0.15, 0.2) is 0 Å². The van der Waals surface area contributed by atoms with Crippen molar-refractivity contribution in [3.63, 3.8) is 0 Å². The summed E-state index contributed by atoms with van der Waals surface area (Å²) in [4.78, 5) is 23.9. The molecule has 2 aromatic carbocycles. The number of carbonyl (C=O) groups excluding carboxylic acids is 2. The van der Waals surface area contributed by atoms with Gasteiger partial charge in [-0.25, -0.2) is 0 Å². The zero-order valence-electron chi connectivity index (χ0n) is 14.0. The molecule has 0 aromatic heterocycles. The van der Waals surface area contributed by atoms with Gasteiger partial charge in [0.25, 0.3) is 0 Å². The highest BCUT2D eigenvalue weighted by atomic mass is 16.5. The molecule has 2 atom stereocenters. The monoisotopic (exact) mass is 326 g/mol. The summed E-state index contributed by atoms with van der Waals surface area (Å²) in [5.74, 6) is -0.926. The summed E-state index contributed by atoms with van der Waals surface area (Å²) in [6, 6.07) is 19.5. The van der Waals surface area contributed by atoms with Gasteiger partial charge in [0.1, 0.15) is 0 Å². The Hall–Kier alpha value is -2.62. The molecule has 0 aliphatic heterocycles. The van der Waals surface area contributed by atoms with Crippen molar-refractivity contribution >= 4 is 11.9 Å². The van der Waals surface area contributed by atoms with E-state index >= 15 is 0 Å². The summed E-state index contributed by atoms with van der Waals surface area (Å²) >= 11 is 0. The summed E-state index contributed by atoms with van der Waals surface area (Å²) in [7, 11) is 2.75. The molecular weight excluding hydrogens is 304 g/mol. The van der Waals surface area contributed by atoms with Crippen molar-refractivity contribution in [3.8, 4) is 0 Å². The van der Waals surface area contributed by atoms with Crippen LogP contribution in [0.25, 0.3) is 0 Å². The van der Waals surface area contributed by atoms with Crippen LogP contribution in [0, 0.1) is 0 Å². The van der Waals surface area contributed by atoms with Crippen LogP contribution in [0.2, 0.25) is 0 Å². The first-order valence-corrected chi connectivity index (χ1v) is 7.89. The van der Waals surface area contributed by atoms with Gasteiger partial charge in [0, 0.05) is 11.8 Å². The fourth-order valence-electron chi connectivity index (χ4n) is 2.91. The summed E-state index contributed by atoms with van der Waals surface area (Å²) in [6.45, 7) is 0. The highest BCUT2D eigenvalue weighted by Gasteiger charge is 2.29. The van der Waals surface area contributed by atoms with Crippen molar-refractivity contribution in [2.45, 2.75) is 24.7 Å². The summed E-state index contributed by atoms with van der Waals surface area (Å²) in [5, 5.41) is 0. The maximum absolute atomic E-state index is 11.9. The molecule has 0 amide bonds. The lowest BCUT2D eigenvalue weighted by molar-refractivity contribution is -0.143. The van der Waals surface area contributed by atoms with Crippen LogP contribution in [-0.4, -0.2) is 26.2 Å². The van der Waals surface area contributed by atoms with Gasteiger partial charge >= 0.3 is 11.9 Å². The third kappa shape index (κ3) is 4.69. The van der Waals surface area contributed by atoms with E-state index < -0.39 is 0 Å². The second-order valence-electron chi connectivity index (χ2n) is 5.59. The van der Waals surface area contributed by atoms with Crippen molar-refractivity contribution < 1.29 is 19.1 Å². The molecule has 4 nitrogen and oxygen atoms in total. The van der Waals surface area contributed by atoms with Gasteiger partial charge in [0.2, 0.25) is 0 Å². The van der Waals surface area contributed by atoms with Crippen LogP contribution in [0.5, 0.6) is 0 Å². The SMILES string of the molecule is COC(=O)C[C@H](c1ccccc1)[C@@H](CC(=O)OC)c1ccccc1.